The summed E-state index contributed by atoms with van der Waals surface area (Å²) in [6.07, 6.45) is 7.15. The van der Waals surface area contributed by atoms with Crippen LogP contribution in [0.4, 0.5) is 5.82 Å². The molecule has 9 nitrogen and oxygen atoms in total. The molecule has 0 atom stereocenters. The lowest BCUT2D eigenvalue weighted by Crippen LogP contribution is -2.56. The summed E-state index contributed by atoms with van der Waals surface area (Å²) in [6.45, 7) is 1.61. The molecule has 0 saturated carbocycles. The van der Waals surface area contributed by atoms with Gasteiger partial charge < -0.3 is 15.6 Å². The van der Waals surface area contributed by atoms with Crippen LogP contribution in [0, 0.1) is 0 Å². The summed E-state index contributed by atoms with van der Waals surface area (Å²) in [5.74, 6) is 0.849. The van der Waals surface area contributed by atoms with Crippen molar-refractivity contribution >= 4 is 27.6 Å². The number of pyridine rings is 2. The van der Waals surface area contributed by atoms with Gasteiger partial charge in [0, 0.05) is 53.4 Å². The van der Waals surface area contributed by atoms with Crippen molar-refractivity contribution in [3.63, 3.8) is 0 Å². The fraction of sp³-hybridized carbons (Fsp3) is 0.115. The lowest BCUT2D eigenvalue weighted by molar-refractivity contribution is 0.514. The van der Waals surface area contributed by atoms with Gasteiger partial charge in [0.1, 0.15) is 11.5 Å². The highest BCUT2D eigenvalue weighted by Gasteiger charge is 2.24. The standard InChI is InChI=1S/C26H21N9/c27-16-13-35(14-16)24-12-28-11-23(32-24)15-4-5-20-17(9-15)26(34-33-20)22-10-18-19(31-22)6-8-30-25(18)21-3-1-2-7-29-21/h1-12,16,31H,13-14,27H2,(H,33,34). The summed E-state index contributed by atoms with van der Waals surface area (Å²) in [5.41, 5.74) is 13.1. The van der Waals surface area contributed by atoms with Gasteiger partial charge in [-0.05, 0) is 36.4 Å². The number of hydrogen-bond acceptors (Lipinski definition) is 7. The van der Waals surface area contributed by atoms with Gasteiger partial charge in [0.15, 0.2) is 0 Å². The van der Waals surface area contributed by atoms with E-state index in [-0.39, 0.29) is 6.04 Å². The Kier molecular flexibility index (Phi) is 4.36. The lowest BCUT2D eigenvalue weighted by Gasteiger charge is -2.37. The van der Waals surface area contributed by atoms with Gasteiger partial charge in [-0.15, -0.1) is 0 Å². The van der Waals surface area contributed by atoms with Crippen molar-refractivity contribution in [2.75, 3.05) is 18.0 Å². The summed E-state index contributed by atoms with van der Waals surface area (Å²) in [5, 5.41) is 9.78. The first-order valence-electron chi connectivity index (χ1n) is 11.4. The zero-order valence-corrected chi connectivity index (χ0v) is 18.7. The molecule has 1 aliphatic heterocycles. The molecule has 1 aliphatic rings. The quantitative estimate of drug-likeness (QED) is 0.366. The molecule has 0 aliphatic carbocycles. The highest BCUT2D eigenvalue weighted by molar-refractivity contribution is 6.00. The van der Waals surface area contributed by atoms with Crippen LogP contribution >= 0.6 is 0 Å². The zero-order valence-electron chi connectivity index (χ0n) is 18.7. The smallest absolute Gasteiger partial charge is 0.147 e. The summed E-state index contributed by atoms with van der Waals surface area (Å²) in [7, 11) is 0. The third-order valence-corrected chi connectivity index (χ3v) is 6.42. The first kappa shape index (κ1) is 19.8. The van der Waals surface area contributed by atoms with Gasteiger partial charge in [0.05, 0.1) is 40.7 Å². The maximum absolute atomic E-state index is 5.94. The maximum atomic E-state index is 5.94. The molecule has 0 amide bonds. The van der Waals surface area contributed by atoms with Crippen LogP contribution in [0.15, 0.2) is 73.3 Å². The Bertz CT molecular complexity index is 1680. The minimum absolute atomic E-state index is 0.204. The fourth-order valence-electron chi connectivity index (χ4n) is 4.61. The predicted octanol–water partition coefficient (Wildman–Crippen LogP) is 3.77. The second-order valence-electron chi connectivity index (χ2n) is 8.78. The number of aromatic nitrogens is 7. The molecule has 1 saturated heterocycles. The van der Waals surface area contributed by atoms with E-state index >= 15 is 0 Å². The lowest BCUT2D eigenvalue weighted by atomic mass is 10.1. The Hall–Kier alpha value is -4.63. The molecule has 7 rings (SSSR count). The number of nitrogens with two attached hydrogens (primary N) is 1. The second kappa shape index (κ2) is 7.71. The number of rotatable bonds is 4. The number of benzene rings is 1. The Morgan fingerprint density at radius 2 is 1.77 bits per heavy atom. The molecule has 35 heavy (non-hydrogen) atoms. The maximum Gasteiger partial charge on any atom is 0.147 e. The van der Waals surface area contributed by atoms with Gasteiger partial charge in [-0.3, -0.25) is 20.1 Å². The monoisotopic (exact) mass is 459 g/mol. The van der Waals surface area contributed by atoms with Crippen LogP contribution in [-0.2, 0) is 0 Å². The topological polar surface area (TPSA) is 125 Å². The fourth-order valence-corrected chi connectivity index (χ4v) is 4.61. The molecule has 1 aromatic carbocycles. The van der Waals surface area contributed by atoms with Crippen molar-refractivity contribution in [1.29, 1.82) is 0 Å². The molecule has 6 aromatic rings. The van der Waals surface area contributed by atoms with Gasteiger partial charge in [-0.2, -0.15) is 5.10 Å². The van der Waals surface area contributed by atoms with E-state index in [1.54, 1.807) is 24.8 Å². The van der Waals surface area contributed by atoms with Crippen LogP contribution in [0.2, 0.25) is 0 Å². The Morgan fingerprint density at radius 3 is 2.63 bits per heavy atom. The summed E-state index contributed by atoms with van der Waals surface area (Å²) in [4.78, 5) is 24.0. The van der Waals surface area contributed by atoms with E-state index in [0.29, 0.717) is 0 Å². The summed E-state index contributed by atoms with van der Waals surface area (Å²) < 4.78 is 0. The van der Waals surface area contributed by atoms with Gasteiger partial charge in [-0.1, -0.05) is 12.1 Å². The molecule has 6 heterocycles. The Morgan fingerprint density at radius 1 is 0.857 bits per heavy atom. The van der Waals surface area contributed by atoms with Crippen molar-refractivity contribution in [2.24, 2.45) is 5.73 Å². The predicted molar refractivity (Wildman–Crippen MR) is 136 cm³/mol. The van der Waals surface area contributed by atoms with Crippen molar-refractivity contribution in [3.05, 3.63) is 73.3 Å². The molecular weight excluding hydrogens is 438 g/mol. The van der Waals surface area contributed by atoms with Crippen molar-refractivity contribution in [1.82, 2.24) is 35.1 Å². The molecule has 170 valence electrons. The first-order chi connectivity index (χ1) is 17.2. The molecule has 5 aromatic heterocycles. The molecule has 0 radical (unpaired) electrons. The van der Waals surface area contributed by atoms with E-state index in [2.05, 4.69) is 47.2 Å². The molecule has 0 unspecified atom stereocenters. The molecule has 0 bridgehead atoms. The van der Waals surface area contributed by atoms with Crippen LogP contribution in [0.1, 0.15) is 0 Å². The average Bonchev–Trinajstić information content (AvgIpc) is 3.51. The highest BCUT2D eigenvalue weighted by Crippen LogP contribution is 2.34. The van der Waals surface area contributed by atoms with Crippen LogP contribution in [0.25, 0.3) is 55.8 Å². The van der Waals surface area contributed by atoms with Crippen molar-refractivity contribution < 1.29 is 0 Å². The van der Waals surface area contributed by atoms with Gasteiger partial charge in [0.2, 0.25) is 0 Å². The Balaban J connectivity index is 1.31. The highest BCUT2D eigenvalue weighted by atomic mass is 15.3. The van der Waals surface area contributed by atoms with E-state index in [1.807, 2.05) is 36.4 Å². The molecule has 4 N–H and O–H groups in total. The van der Waals surface area contributed by atoms with Crippen molar-refractivity contribution in [2.45, 2.75) is 6.04 Å². The third kappa shape index (κ3) is 3.32. The molecule has 1 fully saturated rings. The minimum Gasteiger partial charge on any atom is -0.353 e. The van der Waals surface area contributed by atoms with E-state index in [1.165, 1.54) is 0 Å². The number of fused-ring (bicyclic) bond motifs is 2. The first-order valence-corrected chi connectivity index (χ1v) is 11.4. The van der Waals surface area contributed by atoms with Gasteiger partial charge >= 0.3 is 0 Å². The number of hydrogen-bond donors (Lipinski definition) is 3. The van der Waals surface area contributed by atoms with Gasteiger partial charge in [-0.25, -0.2) is 4.98 Å². The number of nitrogens with zero attached hydrogens (tertiary/aromatic N) is 6. The van der Waals surface area contributed by atoms with E-state index in [4.69, 9.17) is 10.7 Å². The second-order valence-corrected chi connectivity index (χ2v) is 8.78. The zero-order chi connectivity index (χ0) is 23.4. The van der Waals surface area contributed by atoms with E-state index in [9.17, 15) is 0 Å². The van der Waals surface area contributed by atoms with E-state index in [0.717, 1.165) is 74.7 Å². The Labute approximate surface area is 200 Å². The van der Waals surface area contributed by atoms with Crippen LogP contribution < -0.4 is 10.6 Å². The van der Waals surface area contributed by atoms with Crippen LogP contribution in [0.5, 0.6) is 0 Å². The average molecular weight is 460 g/mol. The van der Waals surface area contributed by atoms with Crippen LogP contribution in [-0.4, -0.2) is 54.2 Å². The SMILES string of the molecule is NC1CN(c2cncc(-c3ccc4[nH]nc(-c5cc6c(-c7ccccn7)nccc6[nH]5)c4c3)n2)C1. The third-order valence-electron chi connectivity index (χ3n) is 6.42. The molecule has 9 heteroatoms. The number of aromatic amines is 2. The molecule has 0 spiro atoms. The normalized spacial score (nSPS) is 14.0. The number of nitrogens with one attached hydrogen (secondary N) is 2. The van der Waals surface area contributed by atoms with E-state index < -0.39 is 0 Å². The van der Waals surface area contributed by atoms with Crippen LogP contribution in [0.3, 0.4) is 0 Å². The summed E-state index contributed by atoms with van der Waals surface area (Å²) in [6, 6.07) is 16.3. The summed E-state index contributed by atoms with van der Waals surface area (Å²) >= 11 is 0. The number of H-pyrrole nitrogens is 2. The molecular formula is C26H21N9. The minimum atomic E-state index is 0.204. The largest absolute Gasteiger partial charge is 0.353 e. The van der Waals surface area contributed by atoms with Gasteiger partial charge in [0.25, 0.3) is 0 Å². The van der Waals surface area contributed by atoms with Crippen molar-refractivity contribution in [3.8, 4) is 34.0 Å². The number of anilines is 1.